The lowest BCUT2D eigenvalue weighted by molar-refractivity contribution is -0.151. The van der Waals surface area contributed by atoms with Crippen LogP contribution < -0.4 is 0 Å². The Kier molecular flexibility index (Phi) is 6.81. The summed E-state index contributed by atoms with van der Waals surface area (Å²) < 4.78 is 5.06. The fourth-order valence-corrected chi connectivity index (χ4v) is 4.29. The molecular weight excluding hydrogens is 398 g/mol. The van der Waals surface area contributed by atoms with Gasteiger partial charge in [0.25, 0.3) is 0 Å². The summed E-state index contributed by atoms with van der Waals surface area (Å²) in [6.07, 6.45) is 3.41. The van der Waals surface area contributed by atoms with Gasteiger partial charge in [0.2, 0.25) is 5.91 Å². The standard InChI is InChI=1S/C28H27NO3/c1-32-28(31)25-19-22(18-17-21-11-5-2-6-12-21)20-29(25)27(30)26(23-13-7-3-8-14-23)24-15-9-4-10-16-24/h2-16,18,25-26H,17,19-20H2,1H3/b22-18-/t25-/m0/s1. The van der Waals surface area contributed by atoms with Gasteiger partial charge in [-0.2, -0.15) is 0 Å². The fraction of sp³-hybridized carbons (Fsp3) is 0.214. The Hall–Kier alpha value is -3.66. The Morgan fingerprint density at radius 2 is 1.44 bits per heavy atom. The molecule has 0 saturated carbocycles. The highest BCUT2D eigenvalue weighted by molar-refractivity contribution is 5.92. The minimum atomic E-state index is -0.607. The average molecular weight is 426 g/mol. The van der Waals surface area contributed by atoms with Crippen molar-refractivity contribution in [2.75, 3.05) is 13.7 Å². The Morgan fingerprint density at radius 3 is 1.97 bits per heavy atom. The summed E-state index contributed by atoms with van der Waals surface area (Å²) in [5.41, 5.74) is 4.10. The monoisotopic (exact) mass is 425 g/mol. The molecule has 4 nitrogen and oxygen atoms in total. The van der Waals surface area contributed by atoms with E-state index in [1.807, 2.05) is 78.9 Å². The Morgan fingerprint density at radius 1 is 0.906 bits per heavy atom. The topological polar surface area (TPSA) is 46.6 Å². The molecule has 3 aromatic carbocycles. The number of ether oxygens (including phenoxy) is 1. The summed E-state index contributed by atoms with van der Waals surface area (Å²) in [7, 11) is 1.38. The predicted molar refractivity (Wildman–Crippen MR) is 125 cm³/mol. The molecule has 0 unspecified atom stereocenters. The van der Waals surface area contributed by atoms with Crippen LogP contribution >= 0.6 is 0 Å². The SMILES string of the molecule is COC(=O)[C@@H]1C/C(=C/Cc2ccccc2)CN1C(=O)C(c1ccccc1)c1ccccc1. The molecule has 0 aromatic heterocycles. The van der Waals surface area contributed by atoms with Crippen LogP contribution in [0.25, 0.3) is 0 Å². The maximum Gasteiger partial charge on any atom is 0.328 e. The number of nitrogens with zero attached hydrogens (tertiary/aromatic N) is 1. The summed E-state index contributed by atoms with van der Waals surface area (Å²) in [6, 6.07) is 29.0. The maximum absolute atomic E-state index is 13.9. The van der Waals surface area contributed by atoms with Crippen molar-refractivity contribution in [3.05, 3.63) is 119 Å². The number of esters is 1. The smallest absolute Gasteiger partial charge is 0.328 e. The van der Waals surface area contributed by atoms with Crippen molar-refractivity contribution in [2.24, 2.45) is 0 Å². The van der Waals surface area contributed by atoms with Gasteiger partial charge in [-0.3, -0.25) is 4.79 Å². The third-order valence-corrected chi connectivity index (χ3v) is 5.94. The number of rotatable bonds is 6. The molecule has 0 bridgehead atoms. The zero-order valence-corrected chi connectivity index (χ0v) is 18.2. The van der Waals surface area contributed by atoms with Crippen molar-refractivity contribution in [3.8, 4) is 0 Å². The van der Waals surface area contributed by atoms with Crippen molar-refractivity contribution in [1.82, 2.24) is 4.90 Å². The van der Waals surface area contributed by atoms with E-state index in [1.54, 1.807) is 4.90 Å². The Balaban J connectivity index is 1.64. The van der Waals surface area contributed by atoms with Gasteiger partial charge in [0, 0.05) is 13.0 Å². The van der Waals surface area contributed by atoms with Gasteiger partial charge < -0.3 is 9.64 Å². The molecule has 1 amide bonds. The number of amides is 1. The molecule has 162 valence electrons. The van der Waals surface area contributed by atoms with Crippen molar-refractivity contribution in [1.29, 1.82) is 0 Å². The molecule has 1 aliphatic rings. The molecular formula is C28H27NO3. The van der Waals surface area contributed by atoms with Gasteiger partial charge in [-0.1, -0.05) is 103 Å². The summed E-state index contributed by atoms with van der Waals surface area (Å²) in [5, 5.41) is 0. The number of benzene rings is 3. The highest BCUT2D eigenvalue weighted by Gasteiger charge is 2.40. The summed E-state index contributed by atoms with van der Waals surface area (Å²) in [6.45, 7) is 0.432. The van der Waals surface area contributed by atoms with E-state index >= 15 is 0 Å². The third kappa shape index (κ3) is 4.80. The molecule has 1 aliphatic heterocycles. The summed E-state index contributed by atoms with van der Waals surface area (Å²) in [4.78, 5) is 28.2. The van der Waals surface area contributed by atoms with Crippen LogP contribution in [0, 0.1) is 0 Å². The van der Waals surface area contributed by atoms with E-state index in [1.165, 1.54) is 12.7 Å². The zero-order valence-electron chi connectivity index (χ0n) is 18.2. The van der Waals surface area contributed by atoms with Gasteiger partial charge in [0.1, 0.15) is 6.04 Å². The van der Waals surface area contributed by atoms with Crippen LogP contribution in [-0.4, -0.2) is 36.5 Å². The largest absolute Gasteiger partial charge is 0.467 e. The van der Waals surface area contributed by atoms with E-state index in [2.05, 4.69) is 18.2 Å². The van der Waals surface area contributed by atoms with Crippen molar-refractivity contribution in [2.45, 2.75) is 24.8 Å². The van der Waals surface area contributed by atoms with E-state index in [9.17, 15) is 9.59 Å². The van der Waals surface area contributed by atoms with Gasteiger partial charge in [-0.25, -0.2) is 4.79 Å². The molecule has 0 N–H and O–H groups in total. The van der Waals surface area contributed by atoms with Crippen LogP contribution in [0.5, 0.6) is 0 Å². The molecule has 1 heterocycles. The average Bonchev–Trinajstić information content (AvgIpc) is 3.29. The van der Waals surface area contributed by atoms with Crippen molar-refractivity contribution < 1.29 is 14.3 Å². The van der Waals surface area contributed by atoms with Gasteiger partial charge in [-0.05, 0) is 23.1 Å². The number of hydrogen-bond donors (Lipinski definition) is 0. The molecule has 1 fully saturated rings. The number of hydrogen-bond acceptors (Lipinski definition) is 3. The molecule has 0 aliphatic carbocycles. The molecule has 1 atom stereocenters. The van der Waals surface area contributed by atoms with Crippen LogP contribution in [0.2, 0.25) is 0 Å². The fourth-order valence-electron chi connectivity index (χ4n) is 4.29. The highest BCUT2D eigenvalue weighted by Crippen LogP contribution is 2.32. The lowest BCUT2D eigenvalue weighted by Gasteiger charge is -2.27. The number of carbonyl (C=O) groups is 2. The van der Waals surface area contributed by atoms with E-state index in [0.717, 1.165) is 23.1 Å². The van der Waals surface area contributed by atoms with Crippen LogP contribution in [0.1, 0.15) is 29.0 Å². The maximum atomic E-state index is 13.9. The van der Waals surface area contributed by atoms with E-state index in [-0.39, 0.29) is 11.9 Å². The molecule has 4 heteroatoms. The molecule has 3 aromatic rings. The number of allylic oxidation sites excluding steroid dienone is 1. The molecule has 0 spiro atoms. The van der Waals surface area contributed by atoms with Crippen LogP contribution in [0.4, 0.5) is 0 Å². The van der Waals surface area contributed by atoms with Gasteiger partial charge in [0.15, 0.2) is 0 Å². The lowest BCUT2D eigenvalue weighted by Crippen LogP contribution is -2.43. The molecule has 1 saturated heterocycles. The van der Waals surface area contributed by atoms with Crippen LogP contribution in [-0.2, 0) is 20.7 Å². The highest BCUT2D eigenvalue weighted by atomic mass is 16.5. The van der Waals surface area contributed by atoms with Gasteiger partial charge in [-0.15, -0.1) is 0 Å². The molecule has 0 radical (unpaired) electrons. The Bertz CT molecular complexity index is 1040. The first-order chi connectivity index (χ1) is 15.7. The third-order valence-electron chi connectivity index (χ3n) is 5.94. The second kappa shape index (κ2) is 10.1. The minimum Gasteiger partial charge on any atom is -0.467 e. The van der Waals surface area contributed by atoms with E-state index < -0.39 is 12.0 Å². The van der Waals surface area contributed by atoms with Crippen molar-refractivity contribution in [3.63, 3.8) is 0 Å². The Labute approximate surface area is 189 Å². The summed E-state index contributed by atoms with van der Waals surface area (Å²) in [5.74, 6) is -0.930. The first kappa shape index (κ1) is 21.6. The van der Waals surface area contributed by atoms with Crippen molar-refractivity contribution >= 4 is 11.9 Å². The zero-order chi connectivity index (χ0) is 22.3. The minimum absolute atomic E-state index is 0.0825. The second-order valence-corrected chi connectivity index (χ2v) is 8.02. The molecule has 4 rings (SSSR count). The number of carbonyl (C=O) groups excluding carboxylic acids is 2. The van der Waals surface area contributed by atoms with Gasteiger partial charge in [0.05, 0.1) is 13.0 Å². The van der Waals surface area contributed by atoms with Crippen LogP contribution in [0.15, 0.2) is 103 Å². The molecule has 32 heavy (non-hydrogen) atoms. The second-order valence-electron chi connectivity index (χ2n) is 8.02. The quantitative estimate of drug-likeness (QED) is 0.423. The lowest BCUT2D eigenvalue weighted by atomic mass is 9.90. The van der Waals surface area contributed by atoms with Gasteiger partial charge >= 0.3 is 5.97 Å². The first-order valence-electron chi connectivity index (χ1n) is 10.9. The van der Waals surface area contributed by atoms with E-state index in [4.69, 9.17) is 4.74 Å². The first-order valence-corrected chi connectivity index (χ1v) is 10.9. The number of likely N-dealkylation sites (tertiary alicyclic amines) is 1. The normalized spacial score (nSPS) is 17.0. The van der Waals surface area contributed by atoms with Crippen LogP contribution in [0.3, 0.4) is 0 Å². The van der Waals surface area contributed by atoms with E-state index in [0.29, 0.717) is 13.0 Å². The summed E-state index contributed by atoms with van der Waals surface area (Å²) >= 11 is 0. The number of methoxy groups -OCH3 is 1. The predicted octanol–water partition coefficient (Wildman–Crippen LogP) is 4.76.